The van der Waals surface area contributed by atoms with Crippen molar-refractivity contribution >= 4 is 11.9 Å². The van der Waals surface area contributed by atoms with Crippen LogP contribution in [0.25, 0.3) is 6.08 Å². The van der Waals surface area contributed by atoms with Gasteiger partial charge in [-0.05, 0) is 61.5 Å². The third-order valence-corrected chi connectivity index (χ3v) is 5.06. The maximum Gasteiger partial charge on any atom is 0.203 e. The Hall–Kier alpha value is -2.99. The minimum Gasteiger partial charge on any atom is -0.493 e. The minimum atomic E-state index is -0.146. The van der Waals surface area contributed by atoms with Crippen LogP contribution in [-0.2, 0) is 5.41 Å². The first kappa shape index (κ1) is 25.3. The number of likely N-dealkylation sites (N-methyl/N-ethyl adjacent to an activating group) is 1. The van der Waals surface area contributed by atoms with Crippen LogP contribution in [0, 0.1) is 0 Å². The second-order valence-corrected chi connectivity index (χ2v) is 8.73. The van der Waals surface area contributed by atoms with Gasteiger partial charge in [0.25, 0.3) is 0 Å². The molecule has 0 aliphatic rings. The Morgan fingerprint density at radius 3 is 2.16 bits per heavy atom. The summed E-state index contributed by atoms with van der Waals surface area (Å²) in [6, 6.07) is 9.42. The van der Waals surface area contributed by atoms with Crippen molar-refractivity contribution < 1.29 is 23.7 Å². The van der Waals surface area contributed by atoms with Crippen molar-refractivity contribution in [2.24, 2.45) is 0 Å². The summed E-state index contributed by atoms with van der Waals surface area (Å²) in [6.45, 7) is 7.61. The van der Waals surface area contributed by atoms with E-state index in [4.69, 9.17) is 18.9 Å². The number of nitrogens with zero attached hydrogens (tertiary/aromatic N) is 1. The molecule has 0 unspecified atom stereocenters. The van der Waals surface area contributed by atoms with E-state index in [9.17, 15) is 4.79 Å². The van der Waals surface area contributed by atoms with Crippen LogP contribution in [0.4, 0.5) is 0 Å². The van der Waals surface area contributed by atoms with Gasteiger partial charge in [-0.2, -0.15) is 0 Å². The predicted molar refractivity (Wildman–Crippen MR) is 129 cm³/mol. The van der Waals surface area contributed by atoms with Crippen molar-refractivity contribution in [1.82, 2.24) is 4.90 Å². The molecule has 0 heterocycles. The molecular formula is C26H35NO5. The molecule has 0 aliphatic carbocycles. The first-order chi connectivity index (χ1) is 15.1. The van der Waals surface area contributed by atoms with Crippen molar-refractivity contribution in [1.29, 1.82) is 0 Å². The van der Waals surface area contributed by atoms with Crippen molar-refractivity contribution in [3.05, 3.63) is 53.1 Å². The Balaban J connectivity index is 2.42. The van der Waals surface area contributed by atoms with E-state index in [1.165, 1.54) is 6.08 Å². The van der Waals surface area contributed by atoms with Gasteiger partial charge in [0.2, 0.25) is 5.75 Å². The van der Waals surface area contributed by atoms with Crippen LogP contribution in [0.5, 0.6) is 23.0 Å². The van der Waals surface area contributed by atoms with Crippen LogP contribution in [-0.4, -0.2) is 59.3 Å². The summed E-state index contributed by atoms with van der Waals surface area (Å²) in [5.41, 5.74) is 2.22. The molecule has 6 nitrogen and oxygen atoms in total. The lowest BCUT2D eigenvalue weighted by Crippen LogP contribution is -2.20. The van der Waals surface area contributed by atoms with Crippen LogP contribution >= 0.6 is 0 Å². The van der Waals surface area contributed by atoms with Gasteiger partial charge in [0.1, 0.15) is 12.4 Å². The Labute approximate surface area is 191 Å². The average molecular weight is 442 g/mol. The normalized spacial score (nSPS) is 11.7. The summed E-state index contributed by atoms with van der Waals surface area (Å²) in [5.74, 6) is 1.97. The molecule has 32 heavy (non-hydrogen) atoms. The number of rotatable bonds is 10. The monoisotopic (exact) mass is 441 g/mol. The van der Waals surface area contributed by atoms with Gasteiger partial charge >= 0.3 is 0 Å². The Kier molecular flexibility index (Phi) is 8.72. The van der Waals surface area contributed by atoms with E-state index in [-0.39, 0.29) is 11.2 Å². The van der Waals surface area contributed by atoms with Crippen molar-refractivity contribution in [2.45, 2.75) is 26.2 Å². The third-order valence-electron chi connectivity index (χ3n) is 5.06. The van der Waals surface area contributed by atoms with Gasteiger partial charge in [-0.25, -0.2) is 0 Å². The Morgan fingerprint density at radius 2 is 1.59 bits per heavy atom. The number of ketones is 1. The lowest BCUT2D eigenvalue weighted by atomic mass is 9.85. The number of benzene rings is 2. The van der Waals surface area contributed by atoms with Crippen LogP contribution in [0.15, 0.2) is 36.4 Å². The molecule has 0 N–H and O–H groups in total. The SMILES string of the molecule is COc1ccc(/C=C/C(=O)c2cc(C(C)(C)C)ccc2OCCN(C)C)c(OC)c1OC. The van der Waals surface area contributed by atoms with Gasteiger partial charge in [-0.1, -0.05) is 26.8 Å². The molecule has 0 amide bonds. The van der Waals surface area contributed by atoms with Crippen LogP contribution in [0.3, 0.4) is 0 Å². The molecule has 6 heteroatoms. The van der Waals surface area contributed by atoms with Gasteiger partial charge in [-0.3, -0.25) is 4.79 Å². The summed E-state index contributed by atoms with van der Waals surface area (Å²) >= 11 is 0. The van der Waals surface area contributed by atoms with Gasteiger partial charge in [0.15, 0.2) is 17.3 Å². The predicted octanol–water partition coefficient (Wildman–Crippen LogP) is 4.85. The molecule has 174 valence electrons. The van der Waals surface area contributed by atoms with Gasteiger partial charge in [-0.15, -0.1) is 0 Å². The average Bonchev–Trinajstić information content (AvgIpc) is 2.75. The van der Waals surface area contributed by atoms with E-state index in [0.717, 1.165) is 12.1 Å². The van der Waals surface area contributed by atoms with E-state index < -0.39 is 0 Å². The molecule has 0 bridgehead atoms. The lowest BCUT2D eigenvalue weighted by molar-refractivity contribution is 0.104. The molecular weight excluding hydrogens is 406 g/mol. The number of allylic oxidation sites excluding steroid dienone is 1. The molecule has 0 aromatic heterocycles. The highest BCUT2D eigenvalue weighted by molar-refractivity contribution is 6.09. The number of hydrogen-bond acceptors (Lipinski definition) is 6. The van der Waals surface area contributed by atoms with Crippen LogP contribution in [0.1, 0.15) is 42.3 Å². The van der Waals surface area contributed by atoms with Crippen LogP contribution in [0.2, 0.25) is 0 Å². The van der Waals surface area contributed by atoms with Gasteiger partial charge in [0, 0.05) is 12.1 Å². The van der Waals surface area contributed by atoms with E-state index in [0.29, 0.717) is 40.7 Å². The number of hydrogen-bond donors (Lipinski definition) is 0. The number of carbonyl (C=O) groups is 1. The number of methoxy groups -OCH3 is 3. The van der Waals surface area contributed by atoms with E-state index in [1.807, 2.05) is 43.3 Å². The standard InChI is InChI=1S/C26H35NO5/c1-26(2,3)19-11-14-22(32-16-15-27(4)5)20(17-19)21(28)12-9-18-10-13-23(29-6)25(31-8)24(18)30-7/h9-14,17H,15-16H2,1-8H3/b12-9+. The smallest absolute Gasteiger partial charge is 0.203 e. The summed E-state index contributed by atoms with van der Waals surface area (Å²) < 4.78 is 22.2. The largest absolute Gasteiger partial charge is 0.493 e. The first-order valence-electron chi connectivity index (χ1n) is 10.6. The lowest BCUT2D eigenvalue weighted by Gasteiger charge is -2.21. The molecule has 2 aromatic rings. The summed E-state index contributed by atoms with van der Waals surface area (Å²) in [4.78, 5) is 15.3. The highest BCUT2D eigenvalue weighted by atomic mass is 16.5. The molecule has 2 rings (SSSR count). The maximum atomic E-state index is 13.2. The number of carbonyl (C=O) groups excluding carboxylic acids is 1. The van der Waals surface area contributed by atoms with E-state index in [2.05, 4.69) is 20.8 Å². The quantitative estimate of drug-likeness (QED) is 0.388. The molecule has 0 saturated heterocycles. The zero-order chi connectivity index (χ0) is 23.9. The molecule has 0 fully saturated rings. The minimum absolute atomic E-state index is 0.0898. The topological polar surface area (TPSA) is 57.2 Å². The van der Waals surface area contributed by atoms with Gasteiger partial charge < -0.3 is 23.8 Å². The zero-order valence-electron chi connectivity index (χ0n) is 20.4. The fourth-order valence-corrected chi connectivity index (χ4v) is 3.16. The van der Waals surface area contributed by atoms with Crippen molar-refractivity contribution in [2.75, 3.05) is 48.6 Å². The molecule has 2 aromatic carbocycles. The first-order valence-corrected chi connectivity index (χ1v) is 10.6. The van der Waals surface area contributed by atoms with E-state index >= 15 is 0 Å². The Morgan fingerprint density at radius 1 is 0.938 bits per heavy atom. The fourth-order valence-electron chi connectivity index (χ4n) is 3.16. The number of ether oxygens (including phenoxy) is 4. The second-order valence-electron chi connectivity index (χ2n) is 8.73. The summed E-state index contributed by atoms with van der Waals surface area (Å²) in [6.07, 6.45) is 3.25. The maximum absolute atomic E-state index is 13.2. The highest BCUT2D eigenvalue weighted by Gasteiger charge is 2.19. The van der Waals surface area contributed by atoms with Crippen molar-refractivity contribution in [3.63, 3.8) is 0 Å². The fraction of sp³-hybridized carbons (Fsp3) is 0.423. The third kappa shape index (κ3) is 6.26. The van der Waals surface area contributed by atoms with Crippen molar-refractivity contribution in [3.8, 4) is 23.0 Å². The molecule has 0 aliphatic heterocycles. The zero-order valence-corrected chi connectivity index (χ0v) is 20.4. The molecule has 0 atom stereocenters. The van der Waals surface area contributed by atoms with E-state index in [1.54, 1.807) is 33.5 Å². The second kappa shape index (κ2) is 11.0. The summed E-state index contributed by atoms with van der Waals surface area (Å²) in [7, 11) is 8.64. The highest BCUT2D eigenvalue weighted by Crippen LogP contribution is 2.40. The molecule has 0 saturated carbocycles. The summed E-state index contributed by atoms with van der Waals surface area (Å²) in [5, 5.41) is 0. The Bertz CT molecular complexity index is 957. The van der Waals surface area contributed by atoms with Crippen LogP contribution < -0.4 is 18.9 Å². The molecule has 0 spiro atoms. The van der Waals surface area contributed by atoms with Gasteiger partial charge in [0.05, 0.1) is 26.9 Å². The molecule has 0 radical (unpaired) electrons.